The van der Waals surface area contributed by atoms with Gasteiger partial charge in [0.15, 0.2) is 11.5 Å². The summed E-state index contributed by atoms with van der Waals surface area (Å²) in [5.41, 5.74) is 2.42. The van der Waals surface area contributed by atoms with Gasteiger partial charge in [0.1, 0.15) is 16.2 Å². The number of fused-ring (bicyclic) bond motifs is 1. The maximum absolute atomic E-state index is 12.3. The highest BCUT2D eigenvalue weighted by Gasteiger charge is 2.23. The lowest BCUT2D eigenvalue weighted by Gasteiger charge is -2.29. The number of carbonyl (C=O) groups excluding carboxylic acids is 1. The molecule has 0 bridgehead atoms. The topological polar surface area (TPSA) is 68.6 Å². The fourth-order valence-corrected chi connectivity index (χ4v) is 3.92. The van der Waals surface area contributed by atoms with Crippen molar-refractivity contribution in [2.24, 2.45) is 0 Å². The number of nitrogens with zero attached hydrogens (tertiary/aromatic N) is 1. The largest absolute Gasteiger partial charge is 0.493 e. The van der Waals surface area contributed by atoms with E-state index in [1.54, 1.807) is 36.4 Å². The molecule has 0 radical (unpaired) electrons. The average molecular weight is 444 g/mol. The number of carbonyl (C=O) groups is 1. The van der Waals surface area contributed by atoms with Crippen molar-refractivity contribution in [3.05, 3.63) is 81.6 Å². The van der Waals surface area contributed by atoms with Crippen LogP contribution >= 0.6 is 11.3 Å². The van der Waals surface area contributed by atoms with Crippen LogP contribution in [0.3, 0.4) is 0 Å². The van der Waals surface area contributed by atoms with Gasteiger partial charge < -0.3 is 14.2 Å². The van der Waals surface area contributed by atoms with Crippen molar-refractivity contribution in [1.29, 1.82) is 5.26 Å². The first-order valence-corrected chi connectivity index (χ1v) is 10.9. The highest BCUT2D eigenvalue weighted by atomic mass is 32.1. The molecule has 0 unspecified atom stereocenters. The zero-order valence-corrected chi connectivity index (χ0v) is 18.7. The van der Waals surface area contributed by atoms with E-state index >= 15 is 0 Å². The molecule has 5 nitrogen and oxygen atoms in total. The number of hydrogen-bond acceptors (Lipinski definition) is 6. The number of thiophene rings is 1. The van der Waals surface area contributed by atoms with Gasteiger partial charge in [0.05, 0.1) is 18.8 Å². The van der Waals surface area contributed by atoms with E-state index in [0.717, 1.165) is 16.9 Å². The van der Waals surface area contributed by atoms with E-state index in [9.17, 15) is 10.1 Å². The highest BCUT2D eigenvalue weighted by Crippen LogP contribution is 2.37. The molecule has 1 aliphatic rings. The first-order chi connectivity index (χ1) is 15.4. The van der Waals surface area contributed by atoms with E-state index in [1.165, 1.54) is 18.4 Å². The normalized spacial score (nSPS) is 14.1. The summed E-state index contributed by atoms with van der Waals surface area (Å²) in [5.74, 6) is 0.940. The summed E-state index contributed by atoms with van der Waals surface area (Å²) >= 11 is 1.30. The molecule has 0 atom stereocenters. The number of methoxy groups -OCH3 is 1. The second-order valence-electron chi connectivity index (χ2n) is 7.71. The lowest BCUT2D eigenvalue weighted by molar-refractivity contribution is 0.0735. The van der Waals surface area contributed by atoms with Gasteiger partial charge in [-0.05, 0) is 61.2 Å². The molecule has 0 spiro atoms. The quantitative estimate of drug-likeness (QED) is 0.203. The fourth-order valence-electron chi connectivity index (χ4n) is 3.32. The lowest BCUT2D eigenvalue weighted by Crippen LogP contribution is -2.27. The predicted molar refractivity (Wildman–Crippen MR) is 126 cm³/mol. The Morgan fingerprint density at radius 2 is 2.00 bits per heavy atom. The van der Waals surface area contributed by atoms with Crippen LogP contribution in [-0.2, 0) is 0 Å². The van der Waals surface area contributed by atoms with E-state index in [4.69, 9.17) is 14.2 Å². The highest BCUT2D eigenvalue weighted by molar-refractivity contribution is 7.12. The third-order valence-corrected chi connectivity index (χ3v) is 5.78. The van der Waals surface area contributed by atoms with Crippen molar-refractivity contribution in [2.75, 3.05) is 7.11 Å². The van der Waals surface area contributed by atoms with Crippen LogP contribution in [-0.4, -0.2) is 18.7 Å². The molecule has 0 fully saturated rings. The predicted octanol–water partition coefficient (Wildman–Crippen LogP) is 6.22. The van der Waals surface area contributed by atoms with Crippen molar-refractivity contribution in [3.8, 4) is 23.3 Å². The lowest BCUT2D eigenvalue weighted by atomic mass is 9.97. The molecule has 0 amide bonds. The first kappa shape index (κ1) is 21.4. The molecule has 1 aromatic heterocycles. The summed E-state index contributed by atoms with van der Waals surface area (Å²) in [6.07, 6.45) is 5.83. The summed E-state index contributed by atoms with van der Waals surface area (Å²) in [6.45, 7) is 3.97. The van der Waals surface area contributed by atoms with Gasteiger partial charge in [-0.3, -0.25) is 0 Å². The Labute approximate surface area is 190 Å². The van der Waals surface area contributed by atoms with Crippen molar-refractivity contribution in [3.63, 3.8) is 0 Å². The summed E-state index contributed by atoms with van der Waals surface area (Å²) in [6, 6.07) is 16.6. The molecular weight excluding hydrogens is 422 g/mol. The van der Waals surface area contributed by atoms with Gasteiger partial charge in [0.2, 0.25) is 0 Å². The van der Waals surface area contributed by atoms with Crippen molar-refractivity contribution >= 4 is 35.0 Å². The maximum Gasteiger partial charge on any atom is 0.353 e. The molecule has 32 heavy (non-hydrogen) atoms. The monoisotopic (exact) mass is 443 g/mol. The minimum Gasteiger partial charge on any atom is -0.493 e. The Morgan fingerprint density at radius 3 is 2.72 bits per heavy atom. The van der Waals surface area contributed by atoms with Crippen LogP contribution in [0.1, 0.15) is 40.2 Å². The Bertz CT molecular complexity index is 1260. The van der Waals surface area contributed by atoms with E-state index in [-0.39, 0.29) is 0 Å². The maximum atomic E-state index is 12.3. The van der Waals surface area contributed by atoms with Crippen LogP contribution in [0.15, 0.2) is 60.0 Å². The van der Waals surface area contributed by atoms with E-state index < -0.39 is 11.6 Å². The Balaban J connectivity index is 1.67. The molecule has 2 heterocycles. The molecule has 0 saturated carbocycles. The molecule has 6 heteroatoms. The molecule has 0 saturated heterocycles. The SMILES string of the molecule is COc1cc(/C(C#N)=C/c2cccc3c2OC(C)(C)C=C3)ccc1OC(=O)c1cccs1. The summed E-state index contributed by atoms with van der Waals surface area (Å²) in [5, 5.41) is 11.7. The molecule has 3 aromatic rings. The molecule has 0 aliphatic carbocycles. The van der Waals surface area contributed by atoms with Crippen molar-refractivity contribution in [2.45, 2.75) is 19.4 Å². The number of hydrogen-bond donors (Lipinski definition) is 0. The molecule has 2 aromatic carbocycles. The van der Waals surface area contributed by atoms with E-state index in [1.807, 2.05) is 49.6 Å². The number of para-hydroxylation sites is 1. The number of benzene rings is 2. The standard InChI is InChI=1S/C26H21NO4S/c1-26(2)12-11-17-6-4-7-19(24(17)31-26)14-20(16-27)18-9-10-21(22(15-18)29-3)30-25(28)23-8-5-13-32-23/h4-15H,1-3H3/b20-14+. The number of allylic oxidation sites excluding steroid dienone is 1. The third-order valence-electron chi connectivity index (χ3n) is 4.93. The number of nitriles is 1. The Kier molecular flexibility index (Phi) is 5.85. The minimum absolute atomic E-state index is 0.291. The summed E-state index contributed by atoms with van der Waals surface area (Å²) in [4.78, 5) is 12.8. The second-order valence-corrected chi connectivity index (χ2v) is 8.65. The number of ether oxygens (including phenoxy) is 3. The number of esters is 1. The van der Waals surface area contributed by atoms with Crippen LogP contribution in [0.25, 0.3) is 17.7 Å². The number of rotatable bonds is 5. The summed E-state index contributed by atoms with van der Waals surface area (Å²) < 4.78 is 17.1. The van der Waals surface area contributed by atoms with Crippen LogP contribution in [0.5, 0.6) is 17.2 Å². The molecule has 160 valence electrons. The zero-order valence-electron chi connectivity index (χ0n) is 17.9. The molecular formula is C26H21NO4S. The van der Waals surface area contributed by atoms with Gasteiger partial charge in [-0.1, -0.05) is 30.3 Å². The van der Waals surface area contributed by atoms with Gasteiger partial charge in [-0.25, -0.2) is 4.79 Å². The third kappa shape index (κ3) is 4.43. The minimum atomic E-state index is -0.453. The van der Waals surface area contributed by atoms with Crippen LogP contribution in [0.4, 0.5) is 0 Å². The van der Waals surface area contributed by atoms with E-state index in [0.29, 0.717) is 27.5 Å². The van der Waals surface area contributed by atoms with Crippen molar-refractivity contribution in [1.82, 2.24) is 0 Å². The Hall–Kier alpha value is -3.82. The van der Waals surface area contributed by atoms with Gasteiger partial charge in [-0.15, -0.1) is 11.3 Å². The fraction of sp³-hybridized carbons (Fsp3) is 0.154. The van der Waals surface area contributed by atoms with Gasteiger partial charge in [0.25, 0.3) is 0 Å². The second kappa shape index (κ2) is 8.74. The smallest absolute Gasteiger partial charge is 0.353 e. The average Bonchev–Trinajstić information content (AvgIpc) is 3.32. The summed E-state index contributed by atoms with van der Waals surface area (Å²) in [7, 11) is 1.49. The van der Waals surface area contributed by atoms with Crippen LogP contribution < -0.4 is 14.2 Å². The first-order valence-electron chi connectivity index (χ1n) is 9.97. The van der Waals surface area contributed by atoms with Crippen LogP contribution in [0, 0.1) is 11.3 Å². The van der Waals surface area contributed by atoms with E-state index in [2.05, 4.69) is 6.07 Å². The molecule has 0 N–H and O–H groups in total. The zero-order chi connectivity index (χ0) is 22.7. The Morgan fingerprint density at radius 1 is 1.16 bits per heavy atom. The van der Waals surface area contributed by atoms with Crippen molar-refractivity contribution < 1.29 is 19.0 Å². The van der Waals surface area contributed by atoms with Gasteiger partial charge >= 0.3 is 5.97 Å². The molecule has 4 rings (SSSR count). The van der Waals surface area contributed by atoms with Gasteiger partial charge in [-0.2, -0.15) is 5.26 Å². The van der Waals surface area contributed by atoms with Gasteiger partial charge in [0, 0.05) is 11.1 Å². The van der Waals surface area contributed by atoms with Crippen LogP contribution in [0.2, 0.25) is 0 Å². The molecule has 1 aliphatic heterocycles.